The van der Waals surface area contributed by atoms with Gasteiger partial charge >= 0.3 is 0 Å². The number of amides is 1. The van der Waals surface area contributed by atoms with Gasteiger partial charge in [0.05, 0.1) is 19.3 Å². The van der Waals surface area contributed by atoms with Gasteiger partial charge in [-0.25, -0.2) is 14.6 Å². The number of nitrogens with two attached hydrogens (primary N) is 1. The Balaban J connectivity index is 1.44. The Hall–Kier alpha value is -3.20. The molecule has 0 aliphatic carbocycles. The SMILES string of the molecule is COc1ccccc1OCC(=O)N1CC[C@H](c2nn(CCN)c3nccnc23)C1. The Morgan fingerprint density at radius 2 is 2.03 bits per heavy atom. The van der Waals surface area contributed by atoms with Gasteiger partial charge in [-0.1, -0.05) is 12.1 Å². The first-order valence-electron chi connectivity index (χ1n) is 9.62. The third kappa shape index (κ3) is 3.86. The fraction of sp³-hybridized carbons (Fsp3) is 0.400. The minimum absolute atomic E-state index is 0.0325. The zero-order valence-corrected chi connectivity index (χ0v) is 16.3. The van der Waals surface area contributed by atoms with Crippen molar-refractivity contribution in [3.05, 3.63) is 42.4 Å². The third-order valence-electron chi connectivity index (χ3n) is 5.08. The van der Waals surface area contributed by atoms with Crippen LogP contribution in [-0.4, -0.2) is 63.9 Å². The number of rotatable bonds is 7. The topological polar surface area (TPSA) is 108 Å². The molecule has 152 valence electrons. The minimum atomic E-state index is -0.0600. The van der Waals surface area contributed by atoms with Crippen LogP contribution in [0.1, 0.15) is 18.0 Å². The standard InChI is InChI=1S/C20H24N6O3/c1-28-15-4-2-3-5-16(15)29-13-17(27)25-10-6-14(12-25)18-19-20(23-9-8-22-19)26(24-18)11-7-21/h2-5,8-9,14H,6-7,10-13,21H2,1H3/t14-/m0/s1. The molecule has 0 spiro atoms. The number of fused-ring (bicyclic) bond motifs is 1. The Labute approximate surface area is 168 Å². The molecular formula is C20H24N6O3. The van der Waals surface area contributed by atoms with Crippen LogP contribution in [0.15, 0.2) is 36.7 Å². The van der Waals surface area contributed by atoms with Crippen molar-refractivity contribution in [2.24, 2.45) is 5.73 Å². The van der Waals surface area contributed by atoms with Crippen molar-refractivity contribution in [2.45, 2.75) is 18.9 Å². The molecule has 0 unspecified atom stereocenters. The van der Waals surface area contributed by atoms with Crippen molar-refractivity contribution in [3.63, 3.8) is 0 Å². The largest absolute Gasteiger partial charge is 0.493 e. The zero-order valence-electron chi connectivity index (χ0n) is 16.3. The Bertz CT molecular complexity index is 1000. The lowest BCUT2D eigenvalue weighted by Gasteiger charge is -2.17. The van der Waals surface area contributed by atoms with Gasteiger partial charge in [0.1, 0.15) is 5.52 Å². The lowest BCUT2D eigenvalue weighted by molar-refractivity contribution is -0.132. The normalized spacial score (nSPS) is 16.3. The monoisotopic (exact) mass is 396 g/mol. The number of aromatic nitrogens is 4. The predicted octanol–water partition coefficient (Wildman–Crippen LogP) is 1.19. The number of methoxy groups -OCH3 is 1. The van der Waals surface area contributed by atoms with Gasteiger partial charge in [0, 0.05) is 37.9 Å². The quantitative estimate of drug-likeness (QED) is 0.639. The molecule has 3 aromatic rings. The van der Waals surface area contributed by atoms with Crippen LogP contribution in [-0.2, 0) is 11.3 Å². The summed E-state index contributed by atoms with van der Waals surface area (Å²) in [6.07, 6.45) is 4.14. The summed E-state index contributed by atoms with van der Waals surface area (Å²) in [6, 6.07) is 7.29. The lowest BCUT2D eigenvalue weighted by Crippen LogP contribution is -2.33. The van der Waals surface area contributed by atoms with Gasteiger partial charge in [-0.3, -0.25) is 4.79 Å². The summed E-state index contributed by atoms with van der Waals surface area (Å²) in [5.41, 5.74) is 8.09. The van der Waals surface area contributed by atoms with Crippen LogP contribution in [0, 0.1) is 0 Å². The Morgan fingerprint density at radius 3 is 2.83 bits per heavy atom. The molecule has 2 N–H and O–H groups in total. The van der Waals surface area contributed by atoms with Gasteiger partial charge in [-0.15, -0.1) is 0 Å². The predicted molar refractivity (Wildman–Crippen MR) is 107 cm³/mol. The number of carbonyl (C=O) groups is 1. The molecule has 2 aromatic heterocycles. The molecule has 1 aromatic carbocycles. The average molecular weight is 396 g/mol. The van der Waals surface area contributed by atoms with E-state index in [4.69, 9.17) is 20.3 Å². The molecule has 1 amide bonds. The fourth-order valence-corrected chi connectivity index (χ4v) is 3.66. The van der Waals surface area contributed by atoms with Crippen molar-refractivity contribution in [1.82, 2.24) is 24.6 Å². The number of carbonyl (C=O) groups excluding carboxylic acids is 1. The van der Waals surface area contributed by atoms with Crippen LogP contribution < -0.4 is 15.2 Å². The van der Waals surface area contributed by atoms with E-state index >= 15 is 0 Å². The number of para-hydroxylation sites is 2. The molecule has 4 rings (SSSR count). The molecule has 0 bridgehead atoms. The highest BCUT2D eigenvalue weighted by Gasteiger charge is 2.31. The highest BCUT2D eigenvalue weighted by atomic mass is 16.5. The molecule has 1 aliphatic rings. The van der Waals surface area contributed by atoms with Gasteiger partial charge in [0.25, 0.3) is 5.91 Å². The Kier molecular flexibility index (Phi) is 5.57. The molecule has 9 nitrogen and oxygen atoms in total. The van der Waals surface area contributed by atoms with E-state index in [1.807, 2.05) is 17.0 Å². The number of nitrogens with zero attached hydrogens (tertiary/aromatic N) is 5. The molecule has 0 radical (unpaired) electrons. The summed E-state index contributed by atoms with van der Waals surface area (Å²) in [6.45, 7) is 2.26. The van der Waals surface area contributed by atoms with Gasteiger partial charge in [0.2, 0.25) is 0 Å². The number of likely N-dealkylation sites (tertiary alicyclic amines) is 1. The third-order valence-corrected chi connectivity index (χ3v) is 5.08. The van der Waals surface area contributed by atoms with Crippen LogP contribution in [0.3, 0.4) is 0 Å². The molecule has 1 atom stereocenters. The van der Waals surface area contributed by atoms with Gasteiger partial charge in [-0.2, -0.15) is 5.10 Å². The van der Waals surface area contributed by atoms with E-state index in [0.29, 0.717) is 37.7 Å². The number of hydrogen-bond donors (Lipinski definition) is 1. The maximum Gasteiger partial charge on any atom is 0.260 e. The first-order chi connectivity index (χ1) is 14.2. The maximum absolute atomic E-state index is 12.7. The van der Waals surface area contributed by atoms with Gasteiger partial charge in [0.15, 0.2) is 23.8 Å². The molecule has 1 aliphatic heterocycles. The molecule has 9 heteroatoms. The maximum atomic E-state index is 12.7. The number of ether oxygens (including phenoxy) is 2. The van der Waals surface area contributed by atoms with Gasteiger partial charge in [-0.05, 0) is 18.6 Å². The van der Waals surface area contributed by atoms with E-state index in [1.165, 1.54) is 0 Å². The summed E-state index contributed by atoms with van der Waals surface area (Å²) in [5, 5.41) is 4.70. The van der Waals surface area contributed by atoms with Crippen LogP contribution in [0.5, 0.6) is 11.5 Å². The summed E-state index contributed by atoms with van der Waals surface area (Å²) >= 11 is 0. The minimum Gasteiger partial charge on any atom is -0.493 e. The van der Waals surface area contributed by atoms with Crippen molar-refractivity contribution in [1.29, 1.82) is 0 Å². The summed E-state index contributed by atoms with van der Waals surface area (Å²) in [5.74, 6) is 1.22. The molecule has 1 fully saturated rings. The highest BCUT2D eigenvalue weighted by molar-refractivity contribution is 5.79. The van der Waals surface area contributed by atoms with E-state index in [2.05, 4.69) is 9.97 Å². The van der Waals surface area contributed by atoms with E-state index in [-0.39, 0.29) is 18.4 Å². The van der Waals surface area contributed by atoms with Gasteiger partial charge < -0.3 is 20.1 Å². The molecular weight excluding hydrogens is 372 g/mol. The van der Waals surface area contributed by atoms with Crippen LogP contribution in [0.25, 0.3) is 11.2 Å². The lowest BCUT2D eigenvalue weighted by atomic mass is 10.0. The molecule has 0 saturated carbocycles. The first kappa shape index (κ1) is 19.1. The first-order valence-corrected chi connectivity index (χ1v) is 9.62. The van der Waals surface area contributed by atoms with Crippen LogP contribution in [0.2, 0.25) is 0 Å². The summed E-state index contributed by atoms with van der Waals surface area (Å²) < 4.78 is 12.7. The highest BCUT2D eigenvalue weighted by Crippen LogP contribution is 2.31. The van der Waals surface area contributed by atoms with E-state index < -0.39 is 0 Å². The zero-order chi connectivity index (χ0) is 20.2. The van der Waals surface area contributed by atoms with Crippen molar-refractivity contribution >= 4 is 17.1 Å². The summed E-state index contributed by atoms with van der Waals surface area (Å²) in [4.78, 5) is 23.3. The Morgan fingerprint density at radius 1 is 1.24 bits per heavy atom. The molecule has 1 saturated heterocycles. The van der Waals surface area contributed by atoms with Crippen LogP contribution >= 0.6 is 0 Å². The van der Waals surface area contributed by atoms with Crippen molar-refractivity contribution in [3.8, 4) is 11.5 Å². The van der Waals surface area contributed by atoms with Crippen LogP contribution in [0.4, 0.5) is 0 Å². The number of hydrogen-bond acceptors (Lipinski definition) is 7. The van der Waals surface area contributed by atoms with Crippen molar-refractivity contribution in [2.75, 3.05) is 33.4 Å². The second kappa shape index (κ2) is 8.44. The average Bonchev–Trinajstić information content (AvgIpc) is 3.38. The number of benzene rings is 1. The summed E-state index contributed by atoms with van der Waals surface area (Å²) in [7, 11) is 1.58. The van der Waals surface area contributed by atoms with Crippen molar-refractivity contribution < 1.29 is 14.3 Å². The smallest absolute Gasteiger partial charge is 0.260 e. The van der Waals surface area contributed by atoms with E-state index in [9.17, 15) is 4.79 Å². The second-order valence-electron chi connectivity index (χ2n) is 6.89. The molecule has 29 heavy (non-hydrogen) atoms. The van der Waals surface area contributed by atoms with E-state index in [1.54, 1.807) is 36.3 Å². The second-order valence-corrected chi connectivity index (χ2v) is 6.89. The van der Waals surface area contributed by atoms with E-state index in [0.717, 1.165) is 23.3 Å². The molecule has 3 heterocycles. The fourth-order valence-electron chi connectivity index (χ4n) is 3.66.